The SMILES string of the molecule is S=c1[nH]nc(-c2ccc(Cl)cc2)n1/N=C/c1ccncc1. The van der Waals surface area contributed by atoms with Gasteiger partial charge in [0.25, 0.3) is 0 Å². The number of hydrogen-bond acceptors (Lipinski definition) is 4. The molecule has 0 aliphatic rings. The van der Waals surface area contributed by atoms with Crippen LogP contribution < -0.4 is 0 Å². The number of benzene rings is 1. The molecule has 0 saturated heterocycles. The van der Waals surface area contributed by atoms with Crippen LogP contribution in [-0.2, 0) is 0 Å². The molecule has 0 saturated carbocycles. The van der Waals surface area contributed by atoms with Crippen LogP contribution in [0.3, 0.4) is 0 Å². The standard InChI is InChI=1S/C14H10ClN5S/c15-12-3-1-11(2-4-12)13-18-19-14(21)20(13)17-9-10-5-7-16-8-6-10/h1-9H,(H,19,21)/b17-9+. The van der Waals surface area contributed by atoms with E-state index in [9.17, 15) is 0 Å². The maximum absolute atomic E-state index is 5.89. The number of pyridine rings is 1. The van der Waals surface area contributed by atoms with E-state index in [4.69, 9.17) is 23.8 Å². The molecular weight excluding hydrogens is 306 g/mol. The molecule has 0 radical (unpaired) electrons. The average molecular weight is 316 g/mol. The summed E-state index contributed by atoms with van der Waals surface area (Å²) < 4.78 is 1.99. The average Bonchev–Trinajstić information content (AvgIpc) is 2.88. The van der Waals surface area contributed by atoms with Gasteiger partial charge < -0.3 is 0 Å². The Labute approximate surface area is 130 Å². The minimum atomic E-state index is 0.422. The van der Waals surface area contributed by atoms with Crippen molar-refractivity contribution in [3.8, 4) is 11.4 Å². The Morgan fingerprint density at radius 1 is 1.14 bits per heavy atom. The van der Waals surface area contributed by atoms with Gasteiger partial charge in [-0.25, -0.2) is 5.10 Å². The van der Waals surface area contributed by atoms with Crippen LogP contribution in [0.4, 0.5) is 0 Å². The molecule has 0 aliphatic carbocycles. The summed E-state index contributed by atoms with van der Waals surface area (Å²) in [6.45, 7) is 0. The highest BCUT2D eigenvalue weighted by molar-refractivity contribution is 7.71. The lowest BCUT2D eigenvalue weighted by molar-refractivity contribution is 0.871. The lowest BCUT2D eigenvalue weighted by Gasteiger charge is -2.01. The third-order valence-corrected chi connectivity index (χ3v) is 3.30. The summed E-state index contributed by atoms with van der Waals surface area (Å²) in [6.07, 6.45) is 5.11. The number of nitrogens with zero attached hydrogens (tertiary/aromatic N) is 4. The van der Waals surface area contributed by atoms with Crippen molar-refractivity contribution in [2.24, 2.45) is 5.10 Å². The minimum Gasteiger partial charge on any atom is -0.265 e. The van der Waals surface area contributed by atoms with Gasteiger partial charge in [-0.1, -0.05) is 11.6 Å². The molecule has 2 heterocycles. The van der Waals surface area contributed by atoms with Crippen LogP contribution in [0.1, 0.15) is 5.56 Å². The highest BCUT2D eigenvalue weighted by Gasteiger charge is 2.07. The van der Waals surface area contributed by atoms with Crippen LogP contribution in [-0.4, -0.2) is 26.1 Å². The van der Waals surface area contributed by atoms with Gasteiger partial charge >= 0.3 is 0 Å². The van der Waals surface area contributed by atoms with Crippen LogP contribution in [0.5, 0.6) is 0 Å². The van der Waals surface area contributed by atoms with Gasteiger partial charge in [0.2, 0.25) is 4.77 Å². The molecule has 7 heteroatoms. The summed E-state index contributed by atoms with van der Waals surface area (Å²) in [5.74, 6) is 0.627. The summed E-state index contributed by atoms with van der Waals surface area (Å²) in [4.78, 5) is 3.96. The second-order valence-corrected chi connectivity index (χ2v) is 5.02. The molecule has 104 valence electrons. The highest BCUT2D eigenvalue weighted by atomic mass is 35.5. The van der Waals surface area contributed by atoms with Crippen LogP contribution in [0.25, 0.3) is 11.4 Å². The number of rotatable bonds is 3. The van der Waals surface area contributed by atoms with E-state index in [0.29, 0.717) is 15.6 Å². The lowest BCUT2D eigenvalue weighted by atomic mass is 10.2. The van der Waals surface area contributed by atoms with Crippen LogP contribution in [0.2, 0.25) is 5.02 Å². The van der Waals surface area contributed by atoms with Gasteiger partial charge in [0.15, 0.2) is 5.82 Å². The number of halogens is 1. The van der Waals surface area contributed by atoms with E-state index < -0.39 is 0 Å². The molecule has 2 aromatic heterocycles. The molecule has 3 aromatic rings. The van der Waals surface area contributed by atoms with E-state index in [-0.39, 0.29) is 0 Å². The van der Waals surface area contributed by atoms with Gasteiger partial charge in [0, 0.05) is 23.0 Å². The van der Waals surface area contributed by atoms with Crippen molar-refractivity contribution in [1.29, 1.82) is 0 Å². The Bertz CT molecular complexity index is 821. The summed E-state index contributed by atoms with van der Waals surface area (Å²) >= 11 is 11.1. The Hall–Kier alpha value is -2.31. The number of H-pyrrole nitrogens is 1. The highest BCUT2D eigenvalue weighted by Crippen LogP contribution is 2.19. The van der Waals surface area contributed by atoms with Gasteiger partial charge in [-0.05, 0) is 54.2 Å². The normalized spacial score (nSPS) is 11.1. The van der Waals surface area contributed by atoms with E-state index in [2.05, 4.69) is 20.3 Å². The third-order valence-electron chi connectivity index (χ3n) is 2.78. The fourth-order valence-corrected chi connectivity index (χ4v) is 2.06. The number of nitrogens with one attached hydrogen (secondary N) is 1. The topological polar surface area (TPSA) is 58.9 Å². The van der Waals surface area contributed by atoms with E-state index in [1.807, 2.05) is 24.3 Å². The monoisotopic (exact) mass is 315 g/mol. The predicted molar refractivity (Wildman–Crippen MR) is 85.1 cm³/mol. The first kappa shape index (κ1) is 13.7. The summed E-state index contributed by atoms with van der Waals surface area (Å²) in [7, 11) is 0. The lowest BCUT2D eigenvalue weighted by Crippen LogP contribution is -1.95. The van der Waals surface area contributed by atoms with Crippen LogP contribution >= 0.6 is 23.8 Å². The third kappa shape index (κ3) is 3.07. The zero-order chi connectivity index (χ0) is 14.7. The van der Waals surface area contributed by atoms with E-state index in [0.717, 1.165) is 11.1 Å². The molecule has 3 rings (SSSR count). The smallest absolute Gasteiger partial charge is 0.216 e. The zero-order valence-electron chi connectivity index (χ0n) is 10.8. The fraction of sp³-hybridized carbons (Fsp3) is 0. The zero-order valence-corrected chi connectivity index (χ0v) is 12.3. The Morgan fingerprint density at radius 3 is 2.57 bits per heavy atom. The summed E-state index contributed by atoms with van der Waals surface area (Å²) in [6, 6.07) is 11.0. The van der Waals surface area contributed by atoms with E-state index in [1.165, 1.54) is 0 Å². The van der Waals surface area contributed by atoms with Crippen LogP contribution in [0, 0.1) is 4.77 Å². The van der Waals surface area contributed by atoms with Crippen molar-refractivity contribution in [2.45, 2.75) is 0 Å². The van der Waals surface area contributed by atoms with Crippen molar-refractivity contribution < 1.29 is 0 Å². The fourth-order valence-electron chi connectivity index (χ4n) is 1.76. The van der Waals surface area contributed by atoms with Crippen LogP contribution in [0.15, 0.2) is 53.9 Å². The number of aromatic amines is 1. The molecule has 1 N–H and O–H groups in total. The molecule has 0 atom stereocenters. The van der Waals surface area contributed by atoms with Gasteiger partial charge in [-0.2, -0.15) is 14.9 Å². The van der Waals surface area contributed by atoms with Crippen molar-refractivity contribution in [3.05, 3.63) is 64.1 Å². The number of hydrogen-bond donors (Lipinski definition) is 1. The molecule has 0 unspecified atom stereocenters. The van der Waals surface area contributed by atoms with Gasteiger partial charge in [0.05, 0.1) is 6.21 Å². The Kier molecular flexibility index (Phi) is 3.89. The van der Waals surface area contributed by atoms with Crippen molar-refractivity contribution in [3.63, 3.8) is 0 Å². The molecule has 0 amide bonds. The molecule has 0 bridgehead atoms. The first-order valence-electron chi connectivity index (χ1n) is 6.12. The molecule has 0 spiro atoms. The van der Waals surface area contributed by atoms with Gasteiger partial charge in [0.1, 0.15) is 0 Å². The molecule has 5 nitrogen and oxygen atoms in total. The maximum Gasteiger partial charge on any atom is 0.216 e. The van der Waals surface area contributed by atoms with Crippen molar-refractivity contribution >= 4 is 30.0 Å². The van der Waals surface area contributed by atoms with E-state index >= 15 is 0 Å². The predicted octanol–water partition coefficient (Wildman–Crippen LogP) is 3.54. The quantitative estimate of drug-likeness (QED) is 0.594. The van der Waals surface area contributed by atoms with Crippen molar-refractivity contribution in [1.82, 2.24) is 19.9 Å². The first-order chi connectivity index (χ1) is 10.2. The maximum atomic E-state index is 5.89. The minimum absolute atomic E-state index is 0.422. The summed E-state index contributed by atoms with van der Waals surface area (Å²) in [5.41, 5.74) is 1.80. The Morgan fingerprint density at radius 2 is 1.86 bits per heavy atom. The molecular formula is C14H10ClN5S. The van der Waals surface area contributed by atoms with Gasteiger partial charge in [-0.15, -0.1) is 0 Å². The molecule has 21 heavy (non-hydrogen) atoms. The second kappa shape index (κ2) is 5.99. The van der Waals surface area contributed by atoms with E-state index in [1.54, 1.807) is 35.4 Å². The van der Waals surface area contributed by atoms with Crippen molar-refractivity contribution in [2.75, 3.05) is 0 Å². The van der Waals surface area contributed by atoms with Gasteiger partial charge in [-0.3, -0.25) is 4.98 Å². The molecule has 0 fully saturated rings. The molecule has 1 aromatic carbocycles. The first-order valence-corrected chi connectivity index (χ1v) is 6.90. The largest absolute Gasteiger partial charge is 0.265 e. The Balaban J connectivity index is 2.00. The second-order valence-electron chi connectivity index (χ2n) is 4.20. The summed E-state index contributed by atoms with van der Waals surface area (Å²) in [5, 5.41) is 12.0. The molecule has 0 aliphatic heterocycles. The number of aromatic nitrogens is 4.